The van der Waals surface area contributed by atoms with Gasteiger partial charge < -0.3 is 14.0 Å². The highest BCUT2D eigenvalue weighted by atomic mass is 32.2. The molecule has 0 aliphatic heterocycles. The van der Waals surface area contributed by atoms with E-state index in [9.17, 15) is 13.2 Å². The van der Waals surface area contributed by atoms with Gasteiger partial charge in [0, 0.05) is 29.9 Å². The molecule has 0 saturated heterocycles. The lowest BCUT2D eigenvalue weighted by atomic mass is 10.1. The van der Waals surface area contributed by atoms with Crippen molar-refractivity contribution in [2.45, 2.75) is 38.5 Å². The molecule has 0 amide bonds. The molecule has 146 valence electrons. The highest BCUT2D eigenvalue weighted by molar-refractivity contribution is 7.92. The number of carbonyl (C=O) groups excluding carboxylic acids is 1. The number of ether oxygens (including phenoxy) is 2. The van der Waals surface area contributed by atoms with Gasteiger partial charge in [0.25, 0.3) is 0 Å². The molecule has 1 atom stereocenters. The van der Waals surface area contributed by atoms with Crippen LogP contribution >= 0.6 is 0 Å². The molecule has 2 aromatic rings. The van der Waals surface area contributed by atoms with Crippen molar-refractivity contribution >= 4 is 26.7 Å². The van der Waals surface area contributed by atoms with E-state index in [4.69, 9.17) is 9.47 Å². The van der Waals surface area contributed by atoms with E-state index in [2.05, 4.69) is 11.8 Å². The maximum Gasteiger partial charge on any atom is 0.327 e. The number of esters is 1. The first kappa shape index (κ1) is 20.8. The third-order valence-corrected chi connectivity index (χ3v) is 6.59. The lowest BCUT2D eigenvalue weighted by Gasteiger charge is -2.25. The van der Waals surface area contributed by atoms with E-state index in [0.29, 0.717) is 13.2 Å². The smallest absolute Gasteiger partial charge is 0.327 e. The Morgan fingerprint density at radius 2 is 2.04 bits per heavy atom. The average Bonchev–Trinajstić information content (AvgIpc) is 3.01. The van der Waals surface area contributed by atoms with Crippen molar-refractivity contribution in [1.29, 1.82) is 0 Å². The van der Waals surface area contributed by atoms with Crippen LogP contribution in [-0.4, -0.2) is 43.2 Å². The second kappa shape index (κ2) is 8.49. The third-order valence-electron chi connectivity index (χ3n) is 4.59. The average molecular weight is 391 g/mol. The molecule has 2 rings (SSSR count). The van der Waals surface area contributed by atoms with Crippen LogP contribution in [0.5, 0.6) is 5.75 Å². The van der Waals surface area contributed by atoms with Crippen molar-refractivity contribution in [2.24, 2.45) is 0 Å². The van der Waals surface area contributed by atoms with Gasteiger partial charge in [-0.25, -0.2) is 8.42 Å². The van der Waals surface area contributed by atoms with Crippen LogP contribution in [0.2, 0.25) is 0 Å². The van der Waals surface area contributed by atoms with Crippen LogP contribution in [-0.2, 0) is 25.9 Å². The molecular formula is C20H25NO5S. The number of carbonyl (C=O) groups is 1. The zero-order chi connectivity index (χ0) is 20.1. The number of sulfone groups is 1. The first-order valence-corrected chi connectivity index (χ1v) is 10.6. The van der Waals surface area contributed by atoms with Crippen molar-refractivity contribution in [3.05, 3.63) is 30.5 Å². The van der Waals surface area contributed by atoms with Crippen molar-refractivity contribution in [3.8, 4) is 17.6 Å². The van der Waals surface area contributed by atoms with Crippen LogP contribution in [0.1, 0.15) is 27.2 Å². The number of fused-ring (bicyclic) bond motifs is 1. The summed E-state index contributed by atoms with van der Waals surface area (Å²) in [7, 11) is -3.63. The predicted octanol–water partition coefficient (Wildman–Crippen LogP) is 2.80. The molecule has 7 heteroatoms. The Kier molecular flexibility index (Phi) is 6.55. The Bertz CT molecular complexity index is 981. The van der Waals surface area contributed by atoms with Crippen molar-refractivity contribution in [2.75, 3.05) is 19.5 Å². The number of aryl methyl sites for hydroxylation is 1. The fourth-order valence-electron chi connectivity index (χ4n) is 2.71. The SMILES string of the molecule is CC#CCOc1ccc2c(ccn2CCC(C)(C(=O)OCC)S(C)(=O)=O)c1. The minimum absolute atomic E-state index is 0.124. The molecule has 0 aliphatic rings. The van der Waals surface area contributed by atoms with E-state index in [1.165, 1.54) is 6.92 Å². The number of benzene rings is 1. The normalized spacial score (nSPS) is 13.5. The van der Waals surface area contributed by atoms with Gasteiger partial charge >= 0.3 is 5.97 Å². The lowest BCUT2D eigenvalue weighted by molar-refractivity contribution is -0.146. The Balaban J connectivity index is 2.22. The van der Waals surface area contributed by atoms with Gasteiger partial charge in [0.15, 0.2) is 14.6 Å². The molecule has 27 heavy (non-hydrogen) atoms. The fraction of sp³-hybridized carbons (Fsp3) is 0.450. The summed E-state index contributed by atoms with van der Waals surface area (Å²) in [4.78, 5) is 12.3. The van der Waals surface area contributed by atoms with E-state index in [1.54, 1.807) is 13.8 Å². The summed E-state index contributed by atoms with van der Waals surface area (Å²) in [5.41, 5.74) is 0.934. The zero-order valence-corrected chi connectivity index (χ0v) is 16.9. The van der Waals surface area contributed by atoms with Gasteiger partial charge in [-0.15, -0.1) is 5.92 Å². The number of aromatic nitrogens is 1. The molecule has 1 heterocycles. The summed E-state index contributed by atoms with van der Waals surface area (Å²) in [6.07, 6.45) is 3.06. The first-order chi connectivity index (χ1) is 12.7. The van der Waals surface area contributed by atoms with Crippen molar-refractivity contribution in [1.82, 2.24) is 4.57 Å². The Morgan fingerprint density at radius 3 is 2.67 bits per heavy atom. The molecular weight excluding hydrogens is 366 g/mol. The highest BCUT2D eigenvalue weighted by Gasteiger charge is 2.44. The number of hydrogen-bond acceptors (Lipinski definition) is 5. The monoisotopic (exact) mass is 391 g/mol. The second-order valence-corrected chi connectivity index (χ2v) is 8.86. The van der Waals surface area contributed by atoms with E-state index in [0.717, 1.165) is 22.9 Å². The van der Waals surface area contributed by atoms with Crippen LogP contribution in [0.4, 0.5) is 0 Å². The van der Waals surface area contributed by atoms with Gasteiger partial charge in [0.1, 0.15) is 12.4 Å². The first-order valence-electron chi connectivity index (χ1n) is 8.71. The van der Waals surface area contributed by atoms with Crippen LogP contribution in [0.25, 0.3) is 10.9 Å². The van der Waals surface area contributed by atoms with E-state index < -0.39 is 20.6 Å². The van der Waals surface area contributed by atoms with E-state index in [1.807, 2.05) is 35.0 Å². The minimum atomic E-state index is -3.63. The summed E-state index contributed by atoms with van der Waals surface area (Å²) >= 11 is 0. The number of rotatable bonds is 8. The summed E-state index contributed by atoms with van der Waals surface area (Å²) in [5, 5.41) is 0.967. The van der Waals surface area contributed by atoms with Crippen LogP contribution in [0.15, 0.2) is 30.5 Å². The standard InChI is InChI=1S/C20H25NO5S/c1-5-7-14-26-17-8-9-18-16(15-17)10-12-21(18)13-11-20(3,27(4,23)24)19(22)25-6-2/h8-10,12,15H,6,11,13-14H2,1-4H3. The van der Waals surface area contributed by atoms with Gasteiger partial charge in [-0.2, -0.15) is 0 Å². The van der Waals surface area contributed by atoms with Crippen LogP contribution in [0, 0.1) is 11.8 Å². The second-order valence-electron chi connectivity index (χ2n) is 6.42. The maximum absolute atomic E-state index is 12.3. The highest BCUT2D eigenvalue weighted by Crippen LogP contribution is 2.27. The number of nitrogens with zero attached hydrogens (tertiary/aromatic N) is 1. The Morgan fingerprint density at radius 1 is 1.30 bits per heavy atom. The van der Waals surface area contributed by atoms with Gasteiger partial charge in [-0.05, 0) is 51.5 Å². The van der Waals surface area contributed by atoms with Crippen LogP contribution in [0.3, 0.4) is 0 Å². The third kappa shape index (κ3) is 4.64. The van der Waals surface area contributed by atoms with Crippen molar-refractivity contribution < 1.29 is 22.7 Å². The lowest BCUT2D eigenvalue weighted by Crippen LogP contribution is -2.45. The molecule has 0 spiro atoms. The molecule has 0 bridgehead atoms. The zero-order valence-electron chi connectivity index (χ0n) is 16.1. The predicted molar refractivity (Wildman–Crippen MR) is 105 cm³/mol. The van der Waals surface area contributed by atoms with E-state index in [-0.39, 0.29) is 13.0 Å². The topological polar surface area (TPSA) is 74.6 Å². The largest absolute Gasteiger partial charge is 0.481 e. The maximum atomic E-state index is 12.3. The number of hydrogen-bond donors (Lipinski definition) is 0. The summed E-state index contributed by atoms with van der Waals surface area (Å²) < 4.78 is 35.3. The molecule has 1 unspecified atom stereocenters. The van der Waals surface area contributed by atoms with Gasteiger partial charge in [-0.3, -0.25) is 4.79 Å². The van der Waals surface area contributed by atoms with Gasteiger partial charge in [0.2, 0.25) is 0 Å². The van der Waals surface area contributed by atoms with Gasteiger partial charge in [0.05, 0.1) is 6.61 Å². The molecule has 0 radical (unpaired) electrons. The Labute approximate surface area is 160 Å². The molecule has 1 aromatic heterocycles. The molecule has 6 nitrogen and oxygen atoms in total. The molecule has 0 saturated carbocycles. The summed E-state index contributed by atoms with van der Waals surface area (Å²) in [5.74, 6) is 5.62. The van der Waals surface area contributed by atoms with E-state index >= 15 is 0 Å². The quantitative estimate of drug-likeness (QED) is 0.511. The van der Waals surface area contributed by atoms with Gasteiger partial charge in [-0.1, -0.05) is 5.92 Å². The fourth-order valence-corrected chi connectivity index (χ4v) is 3.53. The molecule has 0 aliphatic carbocycles. The summed E-state index contributed by atoms with van der Waals surface area (Å²) in [6.45, 7) is 5.68. The van der Waals surface area contributed by atoms with Crippen molar-refractivity contribution in [3.63, 3.8) is 0 Å². The molecule has 0 N–H and O–H groups in total. The summed E-state index contributed by atoms with van der Waals surface area (Å²) in [6, 6.07) is 7.59. The minimum Gasteiger partial charge on any atom is -0.481 e. The molecule has 0 fully saturated rings. The Hall–Kier alpha value is -2.46. The molecule has 1 aromatic carbocycles. The van der Waals surface area contributed by atoms with Crippen LogP contribution < -0.4 is 4.74 Å².